The van der Waals surface area contributed by atoms with Gasteiger partial charge >= 0.3 is 6.18 Å². The first kappa shape index (κ1) is 25.5. The topological polar surface area (TPSA) is 121 Å². The number of alkyl halides is 3. The van der Waals surface area contributed by atoms with Crippen molar-refractivity contribution in [1.29, 1.82) is 0 Å². The Labute approximate surface area is 211 Å². The van der Waals surface area contributed by atoms with Gasteiger partial charge in [-0.25, -0.2) is 8.42 Å². The molecule has 3 heterocycles. The molecule has 37 heavy (non-hydrogen) atoms. The van der Waals surface area contributed by atoms with Crippen LogP contribution in [0.4, 0.5) is 30.6 Å². The molecule has 0 atom stereocenters. The van der Waals surface area contributed by atoms with Crippen molar-refractivity contribution in [2.45, 2.75) is 42.8 Å². The standard InChI is InChI=1S/C23H27F3N6O4S/c1-35-18-12-15(37(33,34)32-8-10-36-11-9-32)6-7-17(18)29-22-30-20-19(16(13-27-20)23(24,25)26)21(31-22)28-14-4-2-3-5-14/h6-7,12-14H,2-5,8-11H2,1H3,(H3,27,28,29,30,31). The Bertz CT molecular complexity index is 1380. The summed E-state index contributed by atoms with van der Waals surface area (Å²) in [5.41, 5.74) is -0.460. The van der Waals surface area contributed by atoms with Crippen molar-refractivity contribution in [2.75, 3.05) is 44.0 Å². The third kappa shape index (κ3) is 5.18. The van der Waals surface area contributed by atoms with Gasteiger partial charge in [-0.1, -0.05) is 12.8 Å². The molecule has 1 aromatic carbocycles. The summed E-state index contributed by atoms with van der Waals surface area (Å²) in [7, 11) is -2.36. The molecule has 1 saturated carbocycles. The average Bonchev–Trinajstić information content (AvgIpc) is 3.55. The Morgan fingerprint density at radius 3 is 2.57 bits per heavy atom. The molecule has 3 aromatic rings. The molecule has 0 spiro atoms. The second kappa shape index (κ2) is 9.99. The van der Waals surface area contributed by atoms with Crippen LogP contribution < -0.4 is 15.4 Å². The van der Waals surface area contributed by atoms with Crippen LogP contribution in [0.3, 0.4) is 0 Å². The van der Waals surface area contributed by atoms with Gasteiger partial charge in [-0.15, -0.1) is 0 Å². The zero-order chi connectivity index (χ0) is 26.2. The molecule has 1 saturated heterocycles. The van der Waals surface area contributed by atoms with E-state index in [1.807, 2.05) is 0 Å². The normalized spacial score (nSPS) is 17.8. The highest BCUT2D eigenvalue weighted by atomic mass is 32.2. The van der Waals surface area contributed by atoms with E-state index in [1.54, 1.807) is 0 Å². The minimum Gasteiger partial charge on any atom is -0.495 e. The predicted octanol–water partition coefficient (Wildman–Crippen LogP) is 4.10. The summed E-state index contributed by atoms with van der Waals surface area (Å²) in [6.45, 7) is 1.15. The molecule has 3 N–H and O–H groups in total. The van der Waals surface area contributed by atoms with Gasteiger partial charge in [0.2, 0.25) is 16.0 Å². The zero-order valence-electron chi connectivity index (χ0n) is 20.1. The number of halogens is 3. The minimum atomic E-state index is -4.58. The molecule has 1 aliphatic heterocycles. The fourth-order valence-electron chi connectivity index (χ4n) is 4.67. The number of methoxy groups -OCH3 is 1. The molecule has 0 amide bonds. The highest BCUT2D eigenvalue weighted by Crippen LogP contribution is 2.39. The molecule has 2 aromatic heterocycles. The van der Waals surface area contributed by atoms with Crippen molar-refractivity contribution in [3.05, 3.63) is 30.0 Å². The Hall–Kier alpha value is -3.10. The van der Waals surface area contributed by atoms with Crippen molar-refractivity contribution in [3.8, 4) is 5.75 Å². The summed E-state index contributed by atoms with van der Waals surface area (Å²) >= 11 is 0. The van der Waals surface area contributed by atoms with Gasteiger partial charge in [0.1, 0.15) is 17.2 Å². The number of nitrogens with zero attached hydrogens (tertiary/aromatic N) is 3. The average molecular weight is 541 g/mol. The lowest BCUT2D eigenvalue weighted by molar-refractivity contribution is -0.136. The van der Waals surface area contributed by atoms with E-state index in [1.165, 1.54) is 29.6 Å². The smallest absolute Gasteiger partial charge is 0.418 e. The number of morpholine rings is 1. The van der Waals surface area contributed by atoms with Crippen LogP contribution in [-0.4, -0.2) is 67.1 Å². The number of rotatable bonds is 7. The number of ether oxygens (including phenoxy) is 2. The number of aromatic amines is 1. The third-order valence-electron chi connectivity index (χ3n) is 6.56. The van der Waals surface area contributed by atoms with Gasteiger partial charge in [0.15, 0.2) is 0 Å². The zero-order valence-corrected chi connectivity index (χ0v) is 20.9. The van der Waals surface area contributed by atoms with Crippen LogP contribution in [0, 0.1) is 0 Å². The Morgan fingerprint density at radius 2 is 1.89 bits per heavy atom. The van der Waals surface area contributed by atoms with Crippen molar-refractivity contribution in [2.24, 2.45) is 0 Å². The molecule has 10 nitrogen and oxygen atoms in total. The molecule has 2 aliphatic rings. The number of fused-ring (bicyclic) bond motifs is 1. The summed E-state index contributed by atoms with van der Waals surface area (Å²) in [5, 5.41) is 6.01. The van der Waals surface area contributed by atoms with Crippen LogP contribution in [0.2, 0.25) is 0 Å². The lowest BCUT2D eigenvalue weighted by Gasteiger charge is -2.26. The number of aromatic nitrogens is 3. The van der Waals surface area contributed by atoms with Gasteiger partial charge in [0, 0.05) is 31.4 Å². The molecular formula is C23H27F3N6O4S. The van der Waals surface area contributed by atoms with Crippen LogP contribution in [0.1, 0.15) is 31.2 Å². The number of hydrogen-bond donors (Lipinski definition) is 3. The van der Waals surface area contributed by atoms with Gasteiger partial charge in [-0.2, -0.15) is 27.4 Å². The van der Waals surface area contributed by atoms with Crippen LogP contribution in [0.25, 0.3) is 11.0 Å². The molecule has 0 unspecified atom stereocenters. The van der Waals surface area contributed by atoms with E-state index in [4.69, 9.17) is 9.47 Å². The van der Waals surface area contributed by atoms with Crippen molar-refractivity contribution in [3.63, 3.8) is 0 Å². The van der Waals surface area contributed by atoms with Crippen LogP contribution in [0.5, 0.6) is 5.75 Å². The van der Waals surface area contributed by atoms with Crippen LogP contribution >= 0.6 is 0 Å². The second-order valence-electron chi connectivity index (χ2n) is 8.95. The van der Waals surface area contributed by atoms with Crippen LogP contribution in [0.15, 0.2) is 29.3 Å². The van der Waals surface area contributed by atoms with Crippen molar-refractivity contribution < 1.29 is 31.1 Å². The molecule has 14 heteroatoms. The fourth-order valence-corrected chi connectivity index (χ4v) is 6.10. The first-order chi connectivity index (χ1) is 17.7. The number of sulfonamides is 1. The summed E-state index contributed by atoms with van der Waals surface area (Å²) in [6.07, 6.45) is -0.0251. The molecule has 5 rings (SSSR count). The molecule has 0 bridgehead atoms. The van der Waals surface area contributed by atoms with Gasteiger partial charge in [0.05, 0.1) is 41.9 Å². The molecule has 2 fully saturated rings. The third-order valence-corrected chi connectivity index (χ3v) is 8.45. The monoisotopic (exact) mass is 540 g/mol. The number of nitrogens with one attached hydrogen (secondary N) is 3. The Morgan fingerprint density at radius 1 is 1.16 bits per heavy atom. The summed E-state index contributed by atoms with van der Waals surface area (Å²) < 4.78 is 79.1. The first-order valence-corrected chi connectivity index (χ1v) is 13.4. The second-order valence-corrected chi connectivity index (χ2v) is 10.9. The Kier molecular flexibility index (Phi) is 6.89. The van der Waals surface area contributed by atoms with Gasteiger partial charge in [-0.3, -0.25) is 0 Å². The van der Waals surface area contributed by atoms with Gasteiger partial charge < -0.3 is 25.1 Å². The first-order valence-electron chi connectivity index (χ1n) is 11.9. The van der Waals surface area contributed by atoms with Crippen molar-refractivity contribution in [1.82, 2.24) is 19.3 Å². The van der Waals surface area contributed by atoms with E-state index < -0.39 is 21.8 Å². The Balaban J connectivity index is 1.49. The number of H-pyrrole nitrogens is 1. The summed E-state index contributed by atoms with van der Waals surface area (Å²) in [6, 6.07) is 4.35. The molecule has 0 radical (unpaired) electrons. The lowest BCUT2D eigenvalue weighted by atomic mass is 10.2. The van der Waals surface area contributed by atoms with E-state index in [0.29, 0.717) is 18.9 Å². The summed E-state index contributed by atoms with van der Waals surface area (Å²) in [5.74, 6) is 0.329. The predicted molar refractivity (Wildman–Crippen MR) is 131 cm³/mol. The number of anilines is 3. The quantitative estimate of drug-likeness (QED) is 0.410. The molecule has 1 aliphatic carbocycles. The van der Waals surface area contributed by atoms with E-state index in [2.05, 4.69) is 25.6 Å². The maximum absolute atomic E-state index is 13.7. The maximum Gasteiger partial charge on any atom is 0.418 e. The molecular weight excluding hydrogens is 513 g/mol. The number of benzene rings is 1. The highest BCUT2D eigenvalue weighted by Gasteiger charge is 2.36. The van der Waals surface area contributed by atoms with E-state index in [-0.39, 0.29) is 52.6 Å². The highest BCUT2D eigenvalue weighted by molar-refractivity contribution is 7.89. The number of hydrogen-bond acceptors (Lipinski definition) is 8. The van der Waals surface area contributed by atoms with E-state index in [9.17, 15) is 21.6 Å². The maximum atomic E-state index is 13.7. The largest absolute Gasteiger partial charge is 0.495 e. The van der Waals surface area contributed by atoms with E-state index in [0.717, 1.165) is 31.9 Å². The van der Waals surface area contributed by atoms with Crippen LogP contribution in [-0.2, 0) is 20.9 Å². The van der Waals surface area contributed by atoms with Gasteiger partial charge in [-0.05, 0) is 25.0 Å². The summed E-state index contributed by atoms with van der Waals surface area (Å²) in [4.78, 5) is 11.3. The molecule has 200 valence electrons. The van der Waals surface area contributed by atoms with Gasteiger partial charge in [0.25, 0.3) is 0 Å². The lowest BCUT2D eigenvalue weighted by Crippen LogP contribution is -2.40. The minimum absolute atomic E-state index is 0.0150. The van der Waals surface area contributed by atoms with E-state index >= 15 is 0 Å². The fraction of sp³-hybridized carbons (Fsp3) is 0.478. The van der Waals surface area contributed by atoms with Crippen molar-refractivity contribution >= 4 is 38.5 Å². The SMILES string of the molecule is COc1cc(S(=O)(=O)N2CCOCC2)ccc1Nc1nc(NC2CCCC2)c2c(C(F)(F)F)c[nH]c2n1.